The second-order valence-electron chi connectivity index (χ2n) is 6.12. The average molecular weight is 383 g/mol. The minimum Gasteiger partial charge on any atom is -0.495 e. The summed E-state index contributed by atoms with van der Waals surface area (Å²) in [5, 5.41) is 3.27. The van der Waals surface area contributed by atoms with E-state index >= 15 is 0 Å². The average Bonchev–Trinajstić information content (AvgIpc) is 2.67. The van der Waals surface area contributed by atoms with Crippen LogP contribution in [-0.2, 0) is 9.84 Å². The van der Waals surface area contributed by atoms with Gasteiger partial charge in [0.2, 0.25) is 0 Å². The van der Waals surface area contributed by atoms with Gasteiger partial charge in [0, 0.05) is 38.5 Å². The second-order valence-corrected chi connectivity index (χ2v) is 8.59. The van der Waals surface area contributed by atoms with Gasteiger partial charge in [0.1, 0.15) is 5.75 Å². The molecule has 1 aliphatic heterocycles. The van der Waals surface area contributed by atoms with Crippen LogP contribution >= 0.6 is 0 Å². The Bertz CT molecular complexity index is 698. The monoisotopic (exact) mass is 382 g/mol. The Morgan fingerprint density at radius 2 is 1.88 bits per heavy atom. The van der Waals surface area contributed by atoms with E-state index in [2.05, 4.69) is 26.2 Å². The Morgan fingerprint density at radius 3 is 2.50 bits per heavy atom. The zero-order valence-electron chi connectivity index (χ0n) is 15.9. The van der Waals surface area contributed by atoms with Gasteiger partial charge in [-0.15, -0.1) is 0 Å². The Morgan fingerprint density at radius 1 is 1.19 bits per heavy atom. The molecule has 26 heavy (non-hydrogen) atoms. The second kappa shape index (κ2) is 9.66. The molecule has 0 saturated carbocycles. The van der Waals surface area contributed by atoms with Crippen LogP contribution < -0.4 is 15.0 Å². The molecule has 146 valence electrons. The number of aliphatic imine (C=N–C) groups is 1. The molecule has 0 atom stereocenters. The van der Waals surface area contributed by atoms with Gasteiger partial charge >= 0.3 is 0 Å². The van der Waals surface area contributed by atoms with Gasteiger partial charge in [-0.1, -0.05) is 19.1 Å². The Labute approximate surface area is 157 Å². The van der Waals surface area contributed by atoms with E-state index in [9.17, 15) is 8.42 Å². The van der Waals surface area contributed by atoms with Crippen molar-refractivity contribution in [2.75, 3.05) is 62.8 Å². The molecule has 0 aromatic heterocycles. The van der Waals surface area contributed by atoms with Crippen molar-refractivity contribution >= 4 is 21.5 Å². The lowest BCUT2D eigenvalue weighted by Gasteiger charge is -2.38. The number of anilines is 1. The maximum Gasteiger partial charge on any atom is 0.194 e. The van der Waals surface area contributed by atoms with Crippen LogP contribution in [-0.4, -0.2) is 77.2 Å². The fourth-order valence-corrected chi connectivity index (χ4v) is 3.57. The van der Waals surface area contributed by atoms with E-state index in [1.54, 1.807) is 14.0 Å². The summed E-state index contributed by atoms with van der Waals surface area (Å²) in [4.78, 5) is 9.01. The first-order chi connectivity index (χ1) is 12.5. The number of benzene rings is 1. The van der Waals surface area contributed by atoms with Gasteiger partial charge in [-0.05, 0) is 19.1 Å². The Kier molecular flexibility index (Phi) is 7.56. The number of hydrogen-bond acceptors (Lipinski definition) is 5. The van der Waals surface area contributed by atoms with Gasteiger partial charge in [0.15, 0.2) is 15.8 Å². The Hall–Kier alpha value is -1.96. The number of methoxy groups -OCH3 is 1. The Balaban J connectivity index is 1.98. The molecular weight excluding hydrogens is 352 g/mol. The molecule has 8 heteroatoms. The normalized spacial score (nSPS) is 15.9. The molecule has 1 N–H and O–H groups in total. The molecule has 1 saturated heterocycles. The van der Waals surface area contributed by atoms with Crippen LogP contribution in [0.2, 0.25) is 0 Å². The number of nitrogens with one attached hydrogen (secondary N) is 1. The van der Waals surface area contributed by atoms with Crippen LogP contribution in [0.25, 0.3) is 0 Å². The van der Waals surface area contributed by atoms with E-state index in [4.69, 9.17) is 4.74 Å². The van der Waals surface area contributed by atoms with Crippen molar-refractivity contribution in [2.45, 2.75) is 13.8 Å². The van der Waals surface area contributed by atoms with Gasteiger partial charge in [-0.3, -0.25) is 4.99 Å². The van der Waals surface area contributed by atoms with E-state index in [0.29, 0.717) is 6.54 Å². The maximum absolute atomic E-state index is 11.7. The third-order valence-electron chi connectivity index (χ3n) is 4.44. The van der Waals surface area contributed by atoms with E-state index in [1.165, 1.54) is 0 Å². The molecule has 0 bridgehead atoms. The van der Waals surface area contributed by atoms with Crippen molar-refractivity contribution in [1.82, 2.24) is 10.2 Å². The topological polar surface area (TPSA) is 74.2 Å². The molecule has 0 amide bonds. The zero-order chi connectivity index (χ0) is 19.0. The van der Waals surface area contributed by atoms with Crippen molar-refractivity contribution in [3.63, 3.8) is 0 Å². The highest BCUT2D eigenvalue weighted by molar-refractivity contribution is 7.91. The fourth-order valence-electron chi connectivity index (χ4n) is 2.91. The van der Waals surface area contributed by atoms with Gasteiger partial charge in [-0.25, -0.2) is 8.42 Å². The quantitative estimate of drug-likeness (QED) is 0.565. The first kappa shape index (κ1) is 20.4. The number of piperazine rings is 1. The van der Waals surface area contributed by atoms with E-state index in [-0.39, 0.29) is 11.5 Å². The summed E-state index contributed by atoms with van der Waals surface area (Å²) in [6, 6.07) is 8.04. The predicted octanol–water partition coefficient (Wildman–Crippen LogP) is 1.22. The summed E-state index contributed by atoms with van der Waals surface area (Å²) in [7, 11) is -1.30. The van der Waals surface area contributed by atoms with Crippen LogP contribution in [0.5, 0.6) is 5.75 Å². The van der Waals surface area contributed by atoms with E-state index in [0.717, 1.165) is 50.1 Å². The summed E-state index contributed by atoms with van der Waals surface area (Å²) >= 11 is 0. The van der Waals surface area contributed by atoms with Crippen molar-refractivity contribution < 1.29 is 13.2 Å². The number of guanidine groups is 1. The van der Waals surface area contributed by atoms with Gasteiger partial charge in [-0.2, -0.15) is 0 Å². The highest BCUT2D eigenvalue weighted by Crippen LogP contribution is 2.28. The van der Waals surface area contributed by atoms with Crippen LogP contribution in [0.15, 0.2) is 29.3 Å². The third kappa shape index (κ3) is 5.52. The molecule has 0 aliphatic carbocycles. The van der Waals surface area contributed by atoms with Crippen LogP contribution in [0.4, 0.5) is 5.69 Å². The largest absolute Gasteiger partial charge is 0.495 e. The van der Waals surface area contributed by atoms with Crippen LogP contribution in [0.3, 0.4) is 0 Å². The first-order valence-corrected chi connectivity index (χ1v) is 10.9. The number of ether oxygens (including phenoxy) is 1. The lowest BCUT2D eigenvalue weighted by atomic mass is 10.2. The minimum atomic E-state index is -2.99. The van der Waals surface area contributed by atoms with E-state index < -0.39 is 9.84 Å². The molecule has 1 aromatic carbocycles. The summed E-state index contributed by atoms with van der Waals surface area (Å²) in [6.07, 6.45) is 0. The summed E-state index contributed by atoms with van der Waals surface area (Å²) in [6.45, 7) is 8.10. The van der Waals surface area contributed by atoms with E-state index in [1.807, 2.05) is 25.1 Å². The minimum absolute atomic E-state index is 0.0968. The number of hydrogen-bond donors (Lipinski definition) is 1. The van der Waals surface area contributed by atoms with Gasteiger partial charge in [0.25, 0.3) is 0 Å². The van der Waals surface area contributed by atoms with Crippen molar-refractivity contribution in [3.05, 3.63) is 24.3 Å². The molecule has 1 aliphatic rings. The smallest absolute Gasteiger partial charge is 0.194 e. The highest BCUT2D eigenvalue weighted by atomic mass is 32.2. The molecule has 0 radical (unpaired) electrons. The lowest BCUT2D eigenvalue weighted by Crippen LogP contribution is -2.52. The van der Waals surface area contributed by atoms with Crippen LogP contribution in [0.1, 0.15) is 13.8 Å². The van der Waals surface area contributed by atoms with Crippen molar-refractivity contribution in [1.29, 1.82) is 0 Å². The molecule has 2 rings (SSSR count). The predicted molar refractivity (Wildman–Crippen MR) is 107 cm³/mol. The number of sulfone groups is 1. The molecule has 0 spiro atoms. The van der Waals surface area contributed by atoms with Crippen molar-refractivity contribution in [3.8, 4) is 5.75 Å². The fraction of sp³-hybridized carbons (Fsp3) is 0.611. The SMILES string of the molecule is CCNC(=NCCS(=O)(=O)CC)N1CCN(c2ccccc2OC)CC1. The molecule has 1 fully saturated rings. The highest BCUT2D eigenvalue weighted by Gasteiger charge is 2.21. The molecule has 0 unspecified atom stereocenters. The molecule has 1 heterocycles. The van der Waals surface area contributed by atoms with Crippen LogP contribution in [0, 0.1) is 0 Å². The first-order valence-electron chi connectivity index (χ1n) is 9.12. The summed E-state index contributed by atoms with van der Waals surface area (Å²) in [5.41, 5.74) is 1.10. The molecular formula is C18H30N4O3S. The lowest BCUT2D eigenvalue weighted by molar-refractivity contribution is 0.367. The van der Waals surface area contributed by atoms with Gasteiger partial charge in [0.05, 0.1) is 25.1 Å². The zero-order valence-corrected chi connectivity index (χ0v) is 16.8. The standard InChI is InChI=1S/C18H30N4O3S/c1-4-19-18(20-10-15-26(23,24)5-2)22-13-11-21(12-14-22)16-8-6-7-9-17(16)25-3/h6-9H,4-5,10-15H2,1-3H3,(H,19,20). The number of rotatable bonds is 7. The molecule has 7 nitrogen and oxygen atoms in total. The van der Waals surface area contributed by atoms with Gasteiger partial charge < -0.3 is 19.9 Å². The summed E-state index contributed by atoms with van der Waals surface area (Å²) in [5.74, 6) is 1.93. The maximum atomic E-state index is 11.7. The summed E-state index contributed by atoms with van der Waals surface area (Å²) < 4.78 is 28.8. The number of para-hydroxylation sites is 2. The van der Waals surface area contributed by atoms with Crippen molar-refractivity contribution in [2.24, 2.45) is 4.99 Å². The molecule has 1 aromatic rings. The third-order valence-corrected chi connectivity index (χ3v) is 6.13. The number of nitrogens with zero attached hydrogens (tertiary/aromatic N) is 3.